The summed E-state index contributed by atoms with van der Waals surface area (Å²) < 4.78 is 5.52. The molecule has 0 saturated heterocycles. The van der Waals surface area contributed by atoms with Crippen LogP contribution in [-0.4, -0.2) is 30.2 Å². The van der Waals surface area contributed by atoms with Gasteiger partial charge >= 0.3 is 0 Å². The van der Waals surface area contributed by atoms with Gasteiger partial charge in [-0.2, -0.15) is 0 Å². The first-order valence-electron chi connectivity index (χ1n) is 9.22. The Bertz CT molecular complexity index is 601. The van der Waals surface area contributed by atoms with E-state index in [0.717, 1.165) is 37.7 Å². The van der Waals surface area contributed by atoms with E-state index in [2.05, 4.69) is 12.2 Å². The summed E-state index contributed by atoms with van der Waals surface area (Å²) >= 11 is 0. The second-order valence-electron chi connectivity index (χ2n) is 6.48. The minimum atomic E-state index is -0.945. The minimum Gasteiger partial charge on any atom is -0.485 e. The summed E-state index contributed by atoms with van der Waals surface area (Å²) in [4.78, 5) is 35.6. The van der Waals surface area contributed by atoms with Crippen molar-refractivity contribution in [2.24, 2.45) is 5.73 Å². The van der Waals surface area contributed by atoms with Gasteiger partial charge in [-0.25, -0.2) is 0 Å². The fourth-order valence-electron chi connectivity index (χ4n) is 2.57. The largest absolute Gasteiger partial charge is 0.485 e. The number of aryl methyl sites for hydroxylation is 1. The number of primary amides is 1. The quantitative estimate of drug-likeness (QED) is 0.527. The van der Waals surface area contributed by atoms with E-state index in [1.807, 2.05) is 25.1 Å². The van der Waals surface area contributed by atoms with Gasteiger partial charge < -0.3 is 15.8 Å². The van der Waals surface area contributed by atoms with Crippen molar-refractivity contribution >= 4 is 17.6 Å². The third-order valence-corrected chi connectivity index (χ3v) is 4.10. The Balaban J connectivity index is 2.51. The summed E-state index contributed by atoms with van der Waals surface area (Å²) in [6.07, 6.45) is 5.25. The highest BCUT2D eigenvalue weighted by molar-refractivity contribution is 5.93. The molecule has 0 aromatic heterocycles. The van der Waals surface area contributed by atoms with Crippen LogP contribution in [0.15, 0.2) is 24.3 Å². The van der Waals surface area contributed by atoms with Crippen LogP contribution in [0.3, 0.4) is 0 Å². The fraction of sp³-hybridized carbons (Fsp3) is 0.550. The molecule has 0 fully saturated rings. The molecule has 0 aliphatic heterocycles. The van der Waals surface area contributed by atoms with Gasteiger partial charge in [-0.1, -0.05) is 50.8 Å². The van der Waals surface area contributed by atoms with Gasteiger partial charge in [-0.05, 0) is 25.0 Å². The summed E-state index contributed by atoms with van der Waals surface area (Å²) in [5.74, 6) is -0.646. The number of carbonyl (C=O) groups excluding carboxylic acids is 3. The number of Topliss-reactive ketones (excluding diaryl/α,β-unsaturated/α-hetero) is 1. The maximum absolute atomic E-state index is 12.4. The molecular weight excluding hydrogens is 332 g/mol. The second-order valence-corrected chi connectivity index (χ2v) is 6.48. The lowest BCUT2D eigenvalue weighted by molar-refractivity contribution is -0.131. The predicted octanol–water partition coefficient (Wildman–Crippen LogP) is 2.66. The molecule has 0 radical (unpaired) electrons. The van der Waals surface area contributed by atoms with Crippen molar-refractivity contribution in [1.29, 1.82) is 0 Å². The molecule has 3 N–H and O–H groups in total. The molecular formula is C20H30N2O4. The number of hydrogen-bond donors (Lipinski definition) is 2. The van der Waals surface area contributed by atoms with Crippen LogP contribution in [-0.2, 0) is 14.4 Å². The lowest BCUT2D eigenvalue weighted by atomic mass is 10.1. The van der Waals surface area contributed by atoms with E-state index in [-0.39, 0.29) is 24.7 Å². The number of carbonyl (C=O) groups is 3. The van der Waals surface area contributed by atoms with Gasteiger partial charge in [0.1, 0.15) is 12.4 Å². The number of amides is 2. The number of nitrogens with one attached hydrogen (secondary N) is 1. The summed E-state index contributed by atoms with van der Waals surface area (Å²) in [7, 11) is 0. The van der Waals surface area contributed by atoms with Gasteiger partial charge in [0, 0.05) is 6.42 Å². The first kappa shape index (κ1) is 21.7. The summed E-state index contributed by atoms with van der Waals surface area (Å²) in [5.41, 5.74) is 6.12. The highest BCUT2D eigenvalue weighted by atomic mass is 16.5. The molecule has 0 heterocycles. The summed E-state index contributed by atoms with van der Waals surface area (Å²) in [6.45, 7) is 3.78. The average Bonchev–Trinajstić information content (AvgIpc) is 2.59. The third kappa shape index (κ3) is 8.65. The normalized spacial score (nSPS) is 11.6. The zero-order chi connectivity index (χ0) is 19.4. The molecule has 1 atom stereocenters. The van der Waals surface area contributed by atoms with Crippen molar-refractivity contribution in [2.75, 3.05) is 6.61 Å². The Morgan fingerprint density at radius 2 is 1.81 bits per heavy atom. The Labute approximate surface area is 155 Å². The van der Waals surface area contributed by atoms with Gasteiger partial charge in [-0.15, -0.1) is 0 Å². The van der Waals surface area contributed by atoms with E-state index in [4.69, 9.17) is 10.5 Å². The molecule has 1 rings (SSSR count). The molecule has 144 valence electrons. The predicted molar refractivity (Wildman–Crippen MR) is 101 cm³/mol. The molecule has 0 aliphatic carbocycles. The Morgan fingerprint density at radius 1 is 1.12 bits per heavy atom. The van der Waals surface area contributed by atoms with Crippen LogP contribution >= 0.6 is 0 Å². The number of para-hydroxylation sites is 1. The molecule has 6 heteroatoms. The van der Waals surface area contributed by atoms with Crippen LogP contribution in [0, 0.1) is 6.92 Å². The minimum absolute atomic E-state index is 0.223. The van der Waals surface area contributed by atoms with Gasteiger partial charge in [0.15, 0.2) is 5.78 Å². The lowest BCUT2D eigenvalue weighted by Crippen LogP contribution is -2.45. The third-order valence-electron chi connectivity index (χ3n) is 4.10. The van der Waals surface area contributed by atoms with Crippen LogP contribution in [0.2, 0.25) is 0 Å². The first-order chi connectivity index (χ1) is 12.4. The number of ether oxygens (including phenoxy) is 1. The lowest BCUT2D eigenvalue weighted by Gasteiger charge is -2.17. The Morgan fingerprint density at radius 3 is 2.46 bits per heavy atom. The maximum Gasteiger partial charge on any atom is 0.220 e. The molecule has 0 spiro atoms. The topological polar surface area (TPSA) is 98.5 Å². The fourth-order valence-corrected chi connectivity index (χ4v) is 2.57. The Hall–Kier alpha value is -2.37. The number of rotatable bonds is 13. The first-order valence-corrected chi connectivity index (χ1v) is 9.22. The van der Waals surface area contributed by atoms with Crippen molar-refractivity contribution in [3.63, 3.8) is 0 Å². The van der Waals surface area contributed by atoms with Gasteiger partial charge in [0.25, 0.3) is 0 Å². The van der Waals surface area contributed by atoms with E-state index < -0.39 is 11.9 Å². The number of ketones is 1. The van der Waals surface area contributed by atoms with E-state index in [1.54, 1.807) is 6.07 Å². The SMILES string of the molecule is CCCCCCCC(=O)N[C@H](CC(N)=O)C(=O)COc1ccccc1C. The van der Waals surface area contributed by atoms with Crippen molar-refractivity contribution in [2.45, 2.75) is 64.8 Å². The van der Waals surface area contributed by atoms with Crippen LogP contribution < -0.4 is 15.8 Å². The summed E-state index contributed by atoms with van der Waals surface area (Å²) in [5, 5.41) is 2.62. The van der Waals surface area contributed by atoms with E-state index in [0.29, 0.717) is 12.2 Å². The monoisotopic (exact) mass is 362 g/mol. The smallest absolute Gasteiger partial charge is 0.220 e. The standard InChI is InChI=1S/C20H30N2O4/c1-3-4-5-6-7-12-20(25)22-16(13-19(21)24)17(23)14-26-18-11-9-8-10-15(18)2/h8-11,16H,3-7,12-14H2,1-2H3,(H2,21,24)(H,22,25)/t16-/m1/s1. The molecule has 0 unspecified atom stereocenters. The van der Waals surface area contributed by atoms with Crippen LogP contribution in [0.25, 0.3) is 0 Å². The molecule has 1 aromatic rings. The van der Waals surface area contributed by atoms with Crippen molar-refractivity contribution < 1.29 is 19.1 Å². The molecule has 6 nitrogen and oxygen atoms in total. The number of unbranched alkanes of at least 4 members (excludes halogenated alkanes) is 4. The van der Waals surface area contributed by atoms with Crippen LogP contribution in [0.4, 0.5) is 0 Å². The average molecular weight is 362 g/mol. The molecule has 0 bridgehead atoms. The van der Waals surface area contributed by atoms with Crippen LogP contribution in [0.1, 0.15) is 57.4 Å². The molecule has 26 heavy (non-hydrogen) atoms. The number of hydrogen-bond acceptors (Lipinski definition) is 4. The van der Waals surface area contributed by atoms with Gasteiger partial charge in [0.05, 0.1) is 12.5 Å². The van der Waals surface area contributed by atoms with Crippen molar-refractivity contribution in [1.82, 2.24) is 5.32 Å². The Kier molecular flexibility index (Phi) is 10.1. The summed E-state index contributed by atoms with van der Waals surface area (Å²) in [6, 6.07) is 6.38. The number of nitrogens with two attached hydrogens (primary N) is 1. The van der Waals surface area contributed by atoms with Crippen molar-refractivity contribution in [3.8, 4) is 5.75 Å². The van der Waals surface area contributed by atoms with Crippen LogP contribution in [0.5, 0.6) is 5.75 Å². The second kappa shape index (κ2) is 12.1. The maximum atomic E-state index is 12.4. The zero-order valence-corrected chi connectivity index (χ0v) is 15.8. The molecule has 2 amide bonds. The molecule has 1 aromatic carbocycles. The van der Waals surface area contributed by atoms with E-state index in [9.17, 15) is 14.4 Å². The molecule has 0 aliphatic rings. The highest BCUT2D eigenvalue weighted by Crippen LogP contribution is 2.16. The van der Waals surface area contributed by atoms with Crippen molar-refractivity contribution in [3.05, 3.63) is 29.8 Å². The highest BCUT2D eigenvalue weighted by Gasteiger charge is 2.23. The van der Waals surface area contributed by atoms with E-state index in [1.165, 1.54) is 0 Å². The van der Waals surface area contributed by atoms with Gasteiger partial charge in [0.2, 0.25) is 11.8 Å². The number of benzene rings is 1. The van der Waals surface area contributed by atoms with Gasteiger partial charge in [-0.3, -0.25) is 14.4 Å². The van der Waals surface area contributed by atoms with E-state index >= 15 is 0 Å². The molecule has 0 saturated carbocycles. The zero-order valence-electron chi connectivity index (χ0n) is 15.8.